The van der Waals surface area contributed by atoms with Crippen LogP contribution in [-0.2, 0) is 4.79 Å². The van der Waals surface area contributed by atoms with Gasteiger partial charge >= 0.3 is 0 Å². The van der Waals surface area contributed by atoms with Gasteiger partial charge in [0, 0.05) is 6.42 Å². The second-order valence-corrected chi connectivity index (χ2v) is 4.62. The zero-order valence-electron chi connectivity index (χ0n) is 14.5. The van der Waals surface area contributed by atoms with Crippen LogP contribution in [-0.4, -0.2) is 5.78 Å². The normalized spacial score (nSPS) is 9.48. The number of hydrogen-bond donors (Lipinski definition) is 0. The molecular formula is C19H31FO. The van der Waals surface area contributed by atoms with Crippen LogP contribution in [0.4, 0.5) is 4.39 Å². The van der Waals surface area contributed by atoms with Crippen molar-refractivity contribution in [3.63, 3.8) is 0 Å². The summed E-state index contributed by atoms with van der Waals surface area (Å²) >= 11 is 0. The Kier molecular flexibility index (Phi) is 15.6. The van der Waals surface area contributed by atoms with Crippen molar-refractivity contribution in [3.05, 3.63) is 47.3 Å². The molecule has 2 heteroatoms. The molecule has 120 valence electrons. The summed E-state index contributed by atoms with van der Waals surface area (Å²) < 4.78 is 12.5. The molecule has 0 aliphatic rings. The van der Waals surface area contributed by atoms with E-state index in [1.165, 1.54) is 18.9 Å². The zero-order valence-corrected chi connectivity index (χ0v) is 14.5. The molecule has 21 heavy (non-hydrogen) atoms. The first-order chi connectivity index (χ1) is 10.0. The molecule has 0 amide bonds. The molecule has 0 aliphatic heterocycles. The Morgan fingerprint density at radius 3 is 2.24 bits per heavy atom. The van der Waals surface area contributed by atoms with Crippen molar-refractivity contribution in [2.75, 3.05) is 0 Å². The second kappa shape index (κ2) is 15.0. The molecule has 0 aromatic heterocycles. The summed E-state index contributed by atoms with van der Waals surface area (Å²) in [6, 6.07) is 5.09. The van der Waals surface area contributed by atoms with Crippen molar-refractivity contribution in [1.82, 2.24) is 0 Å². The lowest BCUT2D eigenvalue weighted by Crippen LogP contribution is -1.86. The quantitative estimate of drug-likeness (QED) is 0.468. The molecule has 1 nitrogen and oxygen atoms in total. The minimum Gasteiger partial charge on any atom is -0.295 e. The first-order valence-corrected chi connectivity index (χ1v) is 7.93. The summed E-state index contributed by atoms with van der Waals surface area (Å²) in [5.74, 6) is 0.108. The Labute approximate surface area is 130 Å². The average Bonchev–Trinajstić information content (AvgIpc) is 2.50. The van der Waals surface area contributed by atoms with Crippen LogP contribution < -0.4 is 0 Å². The zero-order chi connectivity index (χ0) is 16.7. The van der Waals surface area contributed by atoms with Gasteiger partial charge in [-0.1, -0.05) is 64.3 Å². The summed E-state index contributed by atoms with van der Waals surface area (Å²) in [6.45, 7) is 11.7. The molecule has 0 fully saturated rings. The molecule has 0 unspecified atom stereocenters. The van der Waals surface area contributed by atoms with Crippen LogP contribution in [0, 0.1) is 19.7 Å². The number of benzene rings is 1. The third-order valence-corrected chi connectivity index (χ3v) is 2.69. The number of carbonyl (C=O) groups is 1. The molecule has 1 aromatic rings. The SMILES string of the molecule is CC.CCCC/C=C\C(=O)CC.Cc1ccc(F)c(C)c1. The minimum atomic E-state index is -0.124. The van der Waals surface area contributed by atoms with E-state index in [1.807, 2.05) is 39.8 Å². The Morgan fingerprint density at radius 1 is 1.19 bits per heavy atom. The van der Waals surface area contributed by atoms with E-state index in [1.54, 1.807) is 19.1 Å². The first-order valence-electron chi connectivity index (χ1n) is 7.93. The number of carbonyl (C=O) groups excluding carboxylic acids is 1. The summed E-state index contributed by atoms with van der Waals surface area (Å²) in [7, 11) is 0. The van der Waals surface area contributed by atoms with Crippen LogP contribution in [0.3, 0.4) is 0 Å². The smallest absolute Gasteiger partial charge is 0.155 e. The highest BCUT2D eigenvalue weighted by Gasteiger charge is 1.93. The Bertz CT molecular complexity index is 408. The van der Waals surface area contributed by atoms with Crippen LogP contribution in [0.25, 0.3) is 0 Å². The second-order valence-electron chi connectivity index (χ2n) is 4.62. The van der Waals surface area contributed by atoms with Gasteiger partial charge in [0.25, 0.3) is 0 Å². The number of unbranched alkanes of at least 4 members (excludes halogenated alkanes) is 2. The molecule has 0 heterocycles. The topological polar surface area (TPSA) is 17.1 Å². The third kappa shape index (κ3) is 13.3. The molecule has 0 radical (unpaired) electrons. The molecule has 1 aromatic carbocycles. The molecule has 0 aliphatic carbocycles. The van der Waals surface area contributed by atoms with Gasteiger partial charge in [0.05, 0.1) is 0 Å². The third-order valence-electron chi connectivity index (χ3n) is 2.69. The molecule has 1 rings (SSSR count). The van der Waals surface area contributed by atoms with Gasteiger partial charge in [-0.25, -0.2) is 4.39 Å². The van der Waals surface area contributed by atoms with E-state index in [-0.39, 0.29) is 11.6 Å². The van der Waals surface area contributed by atoms with Crippen LogP contribution in [0.5, 0.6) is 0 Å². The first kappa shape index (κ1) is 21.9. The molecule has 0 saturated heterocycles. The van der Waals surface area contributed by atoms with Gasteiger partial charge in [-0.2, -0.15) is 0 Å². The van der Waals surface area contributed by atoms with Gasteiger partial charge in [0.15, 0.2) is 5.78 Å². The number of halogens is 1. The van der Waals surface area contributed by atoms with Gasteiger partial charge in [-0.05, 0) is 38.0 Å². The Balaban J connectivity index is 0. The molecule has 0 atom stereocenters. The highest BCUT2D eigenvalue weighted by Crippen LogP contribution is 2.07. The summed E-state index contributed by atoms with van der Waals surface area (Å²) in [5, 5.41) is 0. The van der Waals surface area contributed by atoms with Crippen molar-refractivity contribution in [2.45, 2.75) is 67.2 Å². The van der Waals surface area contributed by atoms with Gasteiger partial charge in [0.1, 0.15) is 5.82 Å². The number of allylic oxidation sites excluding steroid dienone is 2. The highest BCUT2D eigenvalue weighted by molar-refractivity contribution is 5.89. The van der Waals surface area contributed by atoms with Crippen molar-refractivity contribution < 1.29 is 9.18 Å². The van der Waals surface area contributed by atoms with E-state index >= 15 is 0 Å². The van der Waals surface area contributed by atoms with Gasteiger partial charge < -0.3 is 0 Å². The van der Waals surface area contributed by atoms with E-state index in [4.69, 9.17) is 0 Å². The van der Waals surface area contributed by atoms with Crippen LogP contribution in [0.2, 0.25) is 0 Å². The standard InChI is InChI=1S/C9H16O.C8H9F.C2H6/c1-3-5-6-7-8-9(10)4-2;1-6-3-4-8(9)7(2)5-6;1-2/h7-8H,3-6H2,1-2H3;3-5H,1-2H3;1-2H3/b8-7-;;. The number of ketones is 1. The van der Waals surface area contributed by atoms with Crippen LogP contribution >= 0.6 is 0 Å². The average molecular weight is 294 g/mol. The van der Waals surface area contributed by atoms with Crippen molar-refractivity contribution in [1.29, 1.82) is 0 Å². The van der Waals surface area contributed by atoms with Crippen molar-refractivity contribution >= 4 is 5.78 Å². The fourth-order valence-electron chi connectivity index (χ4n) is 1.45. The predicted octanol–water partition coefficient (Wildman–Crippen LogP) is 6.18. The van der Waals surface area contributed by atoms with E-state index in [0.29, 0.717) is 6.42 Å². The largest absolute Gasteiger partial charge is 0.295 e. The number of hydrogen-bond acceptors (Lipinski definition) is 1. The maximum atomic E-state index is 12.5. The van der Waals surface area contributed by atoms with Crippen LogP contribution in [0.1, 0.15) is 64.5 Å². The lowest BCUT2D eigenvalue weighted by Gasteiger charge is -1.95. The fraction of sp³-hybridized carbons (Fsp3) is 0.526. The molecule has 0 bridgehead atoms. The predicted molar refractivity (Wildman–Crippen MR) is 91.2 cm³/mol. The highest BCUT2D eigenvalue weighted by atomic mass is 19.1. The van der Waals surface area contributed by atoms with E-state index < -0.39 is 0 Å². The summed E-state index contributed by atoms with van der Waals surface area (Å²) in [6.07, 6.45) is 7.72. The van der Waals surface area contributed by atoms with Crippen molar-refractivity contribution in [3.8, 4) is 0 Å². The fourth-order valence-corrected chi connectivity index (χ4v) is 1.45. The van der Waals surface area contributed by atoms with Gasteiger partial charge in [-0.15, -0.1) is 0 Å². The van der Waals surface area contributed by atoms with E-state index in [2.05, 4.69) is 6.92 Å². The lowest BCUT2D eigenvalue weighted by atomic mass is 10.1. The minimum absolute atomic E-state index is 0.124. The Hall–Kier alpha value is -1.44. The summed E-state index contributed by atoms with van der Waals surface area (Å²) in [5.41, 5.74) is 1.82. The number of aryl methyl sites for hydroxylation is 2. The van der Waals surface area contributed by atoms with Gasteiger partial charge in [-0.3, -0.25) is 4.79 Å². The Morgan fingerprint density at radius 2 is 1.81 bits per heavy atom. The molecule has 0 saturated carbocycles. The maximum absolute atomic E-state index is 12.5. The number of rotatable bonds is 5. The molecular weight excluding hydrogens is 263 g/mol. The summed E-state index contributed by atoms with van der Waals surface area (Å²) in [4.78, 5) is 10.7. The van der Waals surface area contributed by atoms with E-state index in [9.17, 15) is 9.18 Å². The van der Waals surface area contributed by atoms with Crippen LogP contribution in [0.15, 0.2) is 30.4 Å². The monoisotopic (exact) mass is 294 g/mol. The maximum Gasteiger partial charge on any atom is 0.155 e. The molecule has 0 N–H and O–H groups in total. The van der Waals surface area contributed by atoms with Crippen molar-refractivity contribution in [2.24, 2.45) is 0 Å². The lowest BCUT2D eigenvalue weighted by molar-refractivity contribution is -0.114. The van der Waals surface area contributed by atoms with Gasteiger partial charge in [0.2, 0.25) is 0 Å². The van der Waals surface area contributed by atoms with E-state index in [0.717, 1.165) is 17.5 Å². The molecule has 0 spiro atoms.